The van der Waals surface area contributed by atoms with Crippen LogP contribution in [0.5, 0.6) is 0 Å². The molecule has 0 spiro atoms. The number of benzene rings is 2. The summed E-state index contributed by atoms with van der Waals surface area (Å²) in [7, 11) is 0. The summed E-state index contributed by atoms with van der Waals surface area (Å²) in [5.41, 5.74) is 3.07. The molecule has 2 N–H and O–H groups in total. The summed E-state index contributed by atoms with van der Waals surface area (Å²) in [5.74, 6) is 1.16. The number of non-ortho nitro benzene ring substituents is 1. The second-order valence-corrected chi connectivity index (χ2v) is 4.65. The van der Waals surface area contributed by atoms with Gasteiger partial charge in [-0.15, -0.1) is 0 Å². The SMILES string of the molecule is O=[N+]([O-])c1ccc2nc(-c3nc4ccccc4[nH]3)[nH]c2c1. The van der Waals surface area contributed by atoms with Gasteiger partial charge < -0.3 is 9.97 Å². The average molecular weight is 279 g/mol. The summed E-state index contributed by atoms with van der Waals surface area (Å²) in [6.07, 6.45) is 0. The van der Waals surface area contributed by atoms with Crippen LogP contribution in [0.1, 0.15) is 0 Å². The number of fused-ring (bicyclic) bond motifs is 2. The summed E-state index contributed by atoms with van der Waals surface area (Å²) in [4.78, 5) is 25.5. The van der Waals surface area contributed by atoms with Crippen LogP contribution >= 0.6 is 0 Å². The molecule has 4 aromatic rings. The van der Waals surface area contributed by atoms with E-state index in [2.05, 4.69) is 19.9 Å². The Bertz CT molecular complexity index is 952. The highest BCUT2D eigenvalue weighted by atomic mass is 16.6. The zero-order valence-electron chi connectivity index (χ0n) is 10.7. The van der Waals surface area contributed by atoms with E-state index in [9.17, 15) is 10.1 Å². The molecule has 102 valence electrons. The maximum atomic E-state index is 10.8. The molecule has 0 radical (unpaired) electrons. The Labute approximate surface area is 117 Å². The van der Waals surface area contributed by atoms with Crippen LogP contribution in [-0.2, 0) is 0 Å². The highest BCUT2D eigenvalue weighted by molar-refractivity contribution is 5.83. The van der Waals surface area contributed by atoms with Gasteiger partial charge in [0.15, 0.2) is 11.6 Å². The van der Waals surface area contributed by atoms with Crippen LogP contribution in [0.25, 0.3) is 33.7 Å². The Hall–Kier alpha value is -3.22. The fraction of sp³-hybridized carbons (Fsp3) is 0. The van der Waals surface area contributed by atoms with Crippen LogP contribution in [0.4, 0.5) is 5.69 Å². The van der Waals surface area contributed by atoms with Gasteiger partial charge in [-0.2, -0.15) is 0 Å². The summed E-state index contributed by atoms with van der Waals surface area (Å²) >= 11 is 0. The average Bonchev–Trinajstić information content (AvgIpc) is 3.09. The Morgan fingerprint density at radius 3 is 2.29 bits per heavy atom. The van der Waals surface area contributed by atoms with Gasteiger partial charge in [0.2, 0.25) is 0 Å². The van der Waals surface area contributed by atoms with Gasteiger partial charge in [-0.25, -0.2) is 9.97 Å². The second kappa shape index (κ2) is 4.14. The van der Waals surface area contributed by atoms with Gasteiger partial charge in [0.1, 0.15) is 0 Å². The van der Waals surface area contributed by atoms with Crippen molar-refractivity contribution in [2.45, 2.75) is 0 Å². The van der Waals surface area contributed by atoms with Crippen molar-refractivity contribution >= 4 is 27.8 Å². The monoisotopic (exact) mass is 279 g/mol. The Morgan fingerprint density at radius 1 is 0.905 bits per heavy atom. The number of para-hydroxylation sites is 2. The fourth-order valence-electron chi connectivity index (χ4n) is 2.29. The van der Waals surface area contributed by atoms with Gasteiger partial charge in [0.05, 0.1) is 27.0 Å². The van der Waals surface area contributed by atoms with Crippen LogP contribution in [0, 0.1) is 10.1 Å². The van der Waals surface area contributed by atoms with Crippen LogP contribution in [0.3, 0.4) is 0 Å². The number of hydrogen-bond acceptors (Lipinski definition) is 4. The van der Waals surface area contributed by atoms with Crippen molar-refractivity contribution in [2.75, 3.05) is 0 Å². The minimum atomic E-state index is -0.429. The van der Waals surface area contributed by atoms with Crippen LogP contribution in [0.15, 0.2) is 42.5 Å². The Balaban J connectivity index is 1.87. The molecule has 0 aliphatic rings. The molecule has 0 saturated carbocycles. The second-order valence-electron chi connectivity index (χ2n) is 4.65. The first-order valence-corrected chi connectivity index (χ1v) is 6.30. The van der Waals surface area contributed by atoms with Gasteiger partial charge in [0, 0.05) is 12.1 Å². The molecule has 0 aliphatic heterocycles. The van der Waals surface area contributed by atoms with Gasteiger partial charge >= 0.3 is 0 Å². The summed E-state index contributed by atoms with van der Waals surface area (Å²) in [6.45, 7) is 0. The van der Waals surface area contributed by atoms with E-state index >= 15 is 0 Å². The van der Waals surface area contributed by atoms with E-state index in [4.69, 9.17) is 0 Å². The van der Waals surface area contributed by atoms with Crippen molar-refractivity contribution in [3.8, 4) is 11.6 Å². The number of nitrogens with one attached hydrogen (secondary N) is 2. The largest absolute Gasteiger partial charge is 0.335 e. The molecule has 21 heavy (non-hydrogen) atoms. The Morgan fingerprint density at radius 2 is 1.57 bits per heavy atom. The highest BCUT2D eigenvalue weighted by Gasteiger charge is 2.12. The van der Waals surface area contributed by atoms with Crippen molar-refractivity contribution in [1.82, 2.24) is 19.9 Å². The molecule has 2 aromatic carbocycles. The molecule has 0 fully saturated rings. The van der Waals surface area contributed by atoms with Crippen molar-refractivity contribution in [2.24, 2.45) is 0 Å². The zero-order chi connectivity index (χ0) is 14.4. The normalized spacial score (nSPS) is 11.2. The number of H-pyrrole nitrogens is 2. The van der Waals surface area contributed by atoms with Crippen LogP contribution in [-0.4, -0.2) is 24.9 Å². The zero-order valence-corrected chi connectivity index (χ0v) is 10.7. The number of nitro groups is 1. The highest BCUT2D eigenvalue weighted by Crippen LogP contribution is 2.23. The summed E-state index contributed by atoms with van der Waals surface area (Å²) in [6, 6.07) is 12.2. The molecule has 0 saturated heterocycles. The van der Waals surface area contributed by atoms with E-state index in [0.717, 1.165) is 11.0 Å². The number of imidazole rings is 2. The number of nitro benzene ring substituents is 1. The standard InChI is InChI=1S/C14H9N5O2/c20-19(21)8-5-6-11-12(7-8)18-14(17-11)13-15-9-3-1-2-4-10(9)16-13/h1-7H,(H,15,16)(H,17,18). The molecule has 2 aromatic heterocycles. The predicted octanol–water partition coefficient (Wildman–Crippen LogP) is 3.01. The molecular weight excluding hydrogens is 270 g/mol. The molecule has 0 atom stereocenters. The van der Waals surface area contributed by atoms with Gasteiger partial charge in [-0.1, -0.05) is 12.1 Å². The smallest absolute Gasteiger partial charge is 0.271 e. The molecule has 7 heteroatoms. The molecule has 0 aliphatic carbocycles. The van der Waals surface area contributed by atoms with Crippen molar-refractivity contribution in [3.05, 3.63) is 52.6 Å². The van der Waals surface area contributed by atoms with E-state index in [0.29, 0.717) is 22.7 Å². The maximum absolute atomic E-state index is 10.8. The van der Waals surface area contributed by atoms with E-state index in [1.54, 1.807) is 6.07 Å². The first-order chi connectivity index (χ1) is 10.2. The lowest BCUT2D eigenvalue weighted by Crippen LogP contribution is -1.86. The van der Waals surface area contributed by atoms with Gasteiger partial charge in [0.25, 0.3) is 5.69 Å². The fourth-order valence-corrected chi connectivity index (χ4v) is 2.29. The third kappa shape index (κ3) is 1.83. The lowest BCUT2D eigenvalue weighted by atomic mass is 10.3. The van der Waals surface area contributed by atoms with Crippen LogP contribution < -0.4 is 0 Å². The first kappa shape index (κ1) is 11.6. The topological polar surface area (TPSA) is 100 Å². The molecule has 4 rings (SSSR count). The van der Waals surface area contributed by atoms with Gasteiger partial charge in [-0.3, -0.25) is 10.1 Å². The molecular formula is C14H9N5O2. The minimum Gasteiger partial charge on any atom is -0.335 e. The molecule has 0 amide bonds. The minimum absolute atomic E-state index is 0.0299. The number of nitrogens with zero attached hydrogens (tertiary/aromatic N) is 3. The maximum Gasteiger partial charge on any atom is 0.271 e. The summed E-state index contributed by atoms with van der Waals surface area (Å²) in [5, 5.41) is 10.8. The molecule has 2 heterocycles. The molecule has 7 nitrogen and oxygen atoms in total. The number of rotatable bonds is 2. The third-order valence-corrected chi connectivity index (χ3v) is 3.29. The first-order valence-electron chi connectivity index (χ1n) is 6.30. The van der Waals surface area contributed by atoms with E-state index in [1.807, 2.05) is 24.3 Å². The quantitative estimate of drug-likeness (QED) is 0.435. The van der Waals surface area contributed by atoms with E-state index in [1.165, 1.54) is 12.1 Å². The van der Waals surface area contributed by atoms with Crippen LogP contribution in [0.2, 0.25) is 0 Å². The van der Waals surface area contributed by atoms with Crippen molar-refractivity contribution in [1.29, 1.82) is 0 Å². The molecule has 0 bridgehead atoms. The summed E-state index contributed by atoms with van der Waals surface area (Å²) < 4.78 is 0. The number of hydrogen-bond donors (Lipinski definition) is 2. The number of aromatic nitrogens is 4. The lowest BCUT2D eigenvalue weighted by Gasteiger charge is -1.89. The lowest BCUT2D eigenvalue weighted by molar-refractivity contribution is -0.384. The predicted molar refractivity (Wildman–Crippen MR) is 77.8 cm³/mol. The third-order valence-electron chi connectivity index (χ3n) is 3.29. The Kier molecular flexibility index (Phi) is 2.28. The van der Waals surface area contributed by atoms with E-state index in [-0.39, 0.29) is 5.69 Å². The van der Waals surface area contributed by atoms with Crippen molar-refractivity contribution < 1.29 is 4.92 Å². The molecule has 0 unspecified atom stereocenters. The van der Waals surface area contributed by atoms with Gasteiger partial charge in [-0.05, 0) is 18.2 Å². The van der Waals surface area contributed by atoms with E-state index < -0.39 is 4.92 Å². The number of aromatic amines is 2. The van der Waals surface area contributed by atoms with Crippen molar-refractivity contribution in [3.63, 3.8) is 0 Å².